The maximum atomic E-state index is 12.9. The van der Waals surface area contributed by atoms with Crippen molar-refractivity contribution < 1.29 is 4.79 Å². The molecule has 0 saturated heterocycles. The number of carbonyl (C=O) groups is 1. The third-order valence-electron chi connectivity index (χ3n) is 5.19. The number of hydrogen-bond acceptors (Lipinski definition) is 5. The van der Waals surface area contributed by atoms with Gasteiger partial charge in [0.2, 0.25) is 0 Å². The Hall–Kier alpha value is -3.23. The van der Waals surface area contributed by atoms with Gasteiger partial charge < -0.3 is 5.32 Å². The van der Waals surface area contributed by atoms with Crippen LogP contribution < -0.4 is 16.6 Å². The molecule has 2 saturated carbocycles. The Kier molecular flexibility index (Phi) is 3.33. The van der Waals surface area contributed by atoms with E-state index in [9.17, 15) is 14.4 Å². The van der Waals surface area contributed by atoms with E-state index in [1.165, 1.54) is 11.6 Å². The zero-order valence-corrected chi connectivity index (χ0v) is 14.7. The van der Waals surface area contributed by atoms with Gasteiger partial charge in [0.1, 0.15) is 5.65 Å². The summed E-state index contributed by atoms with van der Waals surface area (Å²) in [6.07, 6.45) is 4.22. The number of pyridine rings is 1. The number of aromatic amines is 2. The molecule has 0 aliphatic heterocycles. The summed E-state index contributed by atoms with van der Waals surface area (Å²) in [5.74, 6) is 0.731. The highest BCUT2D eigenvalue weighted by atomic mass is 16.2. The second-order valence-corrected chi connectivity index (χ2v) is 7.32. The summed E-state index contributed by atoms with van der Waals surface area (Å²) in [6, 6.07) is 3.48. The minimum atomic E-state index is -0.617. The van der Waals surface area contributed by atoms with E-state index in [-0.39, 0.29) is 22.5 Å². The van der Waals surface area contributed by atoms with Crippen LogP contribution >= 0.6 is 0 Å². The molecule has 138 valence electrons. The molecular weight excluding hydrogens is 348 g/mol. The van der Waals surface area contributed by atoms with Crippen LogP contribution in [-0.2, 0) is 7.05 Å². The molecule has 3 aromatic heterocycles. The first-order chi connectivity index (χ1) is 13.0. The van der Waals surface area contributed by atoms with Crippen molar-refractivity contribution >= 4 is 22.8 Å². The molecule has 9 nitrogen and oxygen atoms in total. The van der Waals surface area contributed by atoms with Gasteiger partial charge in [-0.25, -0.2) is 9.78 Å². The number of aromatic nitrogens is 5. The fraction of sp³-hybridized carbons (Fsp3) is 0.389. The summed E-state index contributed by atoms with van der Waals surface area (Å²) in [4.78, 5) is 44.0. The summed E-state index contributed by atoms with van der Waals surface area (Å²) < 4.78 is 1.26. The number of nitrogens with zero attached hydrogens (tertiary/aromatic N) is 3. The molecule has 0 bridgehead atoms. The van der Waals surface area contributed by atoms with E-state index in [2.05, 4.69) is 25.5 Å². The van der Waals surface area contributed by atoms with Crippen LogP contribution in [0.2, 0.25) is 0 Å². The first kappa shape index (κ1) is 16.0. The van der Waals surface area contributed by atoms with Gasteiger partial charge in [0.25, 0.3) is 11.5 Å². The Morgan fingerprint density at radius 1 is 1.19 bits per heavy atom. The molecular formula is C18H18N6O3. The van der Waals surface area contributed by atoms with Crippen molar-refractivity contribution in [1.29, 1.82) is 0 Å². The van der Waals surface area contributed by atoms with Gasteiger partial charge in [0, 0.05) is 36.3 Å². The van der Waals surface area contributed by atoms with Crippen molar-refractivity contribution in [2.75, 3.05) is 5.32 Å². The number of hydrogen-bond donors (Lipinski definition) is 3. The maximum absolute atomic E-state index is 12.9. The van der Waals surface area contributed by atoms with Crippen LogP contribution in [0.4, 0.5) is 5.82 Å². The number of nitrogens with one attached hydrogen (secondary N) is 3. The highest BCUT2D eigenvalue weighted by Crippen LogP contribution is 2.40. The molecule has 3 heterocycles. The van der Waals surface area contributed by atoms with E-state index in [4.69, 9.17) is 0 Å². The Morgan fingerprint density at radius 2 is 1.93 bits per heavy atom. The van der Waals surface area contributed by atoms with Gasteiger partial charge >= 0.3 is 5.69 Å². The minimum Gasteiger partial charge on any atom is -0.305 e. The fourth-order valence-electron chi connectivity index (χ4n) is 3.31. The highest BCUT2D eigenvalue weighted by molar-refractivity contribution is 6.11. The van der Waals surface area contributed by atoms with E-state index in [0.29, 0.717) is 11.7 Å². The first-order valence-corrected chi connectivity index (χ1v) is 9.02. The molecule has 9 heteroatoms. The van der Waals surface area contributed by atoms with E-state index in [0.717, 1.165) is 37.1 Å². The highest BCUT2D eigenvalue weighted by Gasteiger charge is 2.29. The second kappa shape index (κ2) is 5.63. The number of fused-ring (bicyclic) bond motifs is 1. The normalized spacial score (nSPS) is 16.6. The monoisotopic (exact) mass is 366 g/mol. The zero-order chi connectivity index (χ0) is 18.7. The molecule has 3 aromatic rings. The number of amides is 1. The molecule has 2 fully saturated rings. The van der Waals surface area contributed by atoms with Gasteiger partial charge in [0.05, 0.1) is 10.9 Å². The van der Waals surface area contributed by atoms with Crippen LogP contribution in [-0.4, -0.2) is 30.6 Å². The Bertz CT molecular complexity index is 1200. The second-order valence-electron chi connectivity index (χ2n) is 7.32. The van der Waals surface area contributed by atoms with Gasteiger partial charge in [-0.3, -0.25) is 24.2 Å². The smallest absolute Gasteiger partial charge is 0.305 e. The van der Waals surface area contributed by atoms with Crippen LogP contribution in [0.5, 0.6) is 0 Å². The lowest BCUT2D eigenvalue weighted by atomic mass is 10.1. The third-order valence-corrected chi connectivity index (χ3v) is 5.19. The quantitative estimate of drug-likeness (QED) is 0.643. The van der Waals surface area contributed by atoms with Crippen LogP contribution in [0, 0.1) is 0 Å². The largest absolute Gasteiger partial charge is 0.329 e. The molecule has 0 spiro atoms. The molecule has 2 aliphatic rings. The SMILES string of the molecule is Cn1c(=O)[nH]c(=O)c2c(C(=O)Nc3cc(C4CC4)[nH]n3)cc(C3CC3)nc21. The van der Waals surface area contributed by atoms with Gasteiger partial charge in [0.15, 0.2) is 5.82 Å². The molecule has 0 atom stereocenters. The van der Waals surface area contributed by atoms with Crippen molar-refractivity contribution in [3.8, 4) is 0 Å². The topological polar surface area (TPSA) is 126 Å². The predicted molar refractivity (Wildman–Crippen MR) is 98.1 cm³/mol. The van der Waals surface area contributed by atoms with Gasteiger partial charge in [-0.2, -0.15) is 5.10 Å². The average molecular weight is 366 g/mol. The van der Waals surface area contributed by atoms with Crippen molar-refractivity contribution in [3.05, 3.63) is 49.9 Å². The lowest BCUT2D eigenvalue weighted by Gasteiger charge is -2.10. The molecule has 2 aliphatic carbocycles. The van der Waals surface area contributed by atoms with E-state index >= 15 is 0 Å². The lowest BCUT2D eigenvalue weighted by molar-refractivity contribution is 0.102. The zero-order valence-electron chi connectivity index (χ0n) is 14.7. The van der Waals surface area contributed by atoms with E-state index in [1.807, 2.05) is 6.07 Å². The summed E-state index contributed by atoms with van der Waals surface area (Å²) in [5, 5.41) is 9.93. The van der Waals surface area contributed by atoms with Gasteiger partial charge in [-0.05, 0) is 31.7 Å². The number of carbonyl (C=O) groups excluding carboxylic acids is 1. The van der Waals surface area contributed by atoms with Crippen LogP contribution in [0.15, 0.2) is 21.7 Å². The number of anilines is 1. The fourth-order valence-corrected chi connectivity index (χ4v) is 3.31. The summed E-state index contributed by atoms with van der Waals surface area (Å²) in [5.41, 5.74) is 0.987. The number of aryl methyl sites for hydroxylation is 1. The van der Waals surface area contributed by atoms with Crippen molar-refractivity contribution in [2.24, 2.45) is 7.05 Å². The predicted octanol–water partition coefficient (Wildman–Crippen LogP) is 1.35. The van der Waals surface area contributed by atoms with E-state index in [1.54, 1.807) is 6.07 Å². The third kappa shape index (κ3) is 2.75. The standard InChI is InChI=1S/C18H18N6O3/c1-24-15-14(17(26)21-18(24)27)10(6-11(19-15)8-2-3-8)16(25)20-13-7-12(22-23-13)9-4-5-9/h6-9H,2-5H2,1H3,(H,21,26,27)(H2,20,22,23,25). The lowest BCUT2D eigenvalue weighted by Crippen LogP contribution is -2.31. The van der Waals surface area contributed by atoms with Gasteiger partial charge in [-0.15, -0.1) is 0 Å². The first-order valence-electron chi connectivity index (χ1n) is 9.02. The minimum absolute atomic E-state index is 0.108. The van der Waals surface area contributed by atoms with Crippen molar-refractivity contribution in [2.45, 2.75) is 37.5 Å². The number of rotatable bonds is 4. The molecule has 0 unspecified atom stereocenters. The van der Waals surface area contributed by atoms with Gasteiger partial charge in [-0.1, -0.05) is 0 Å². The van der Waals surface area contributed by atoms with Crippen LogP contribution in [0.3, 0.4) is 0 Å². The Labute approximate surface area is 152 Å². The van der Waals surface area contributed by atoms with Crippen LogP contribution in [0.25, 0.3) is 11.0 Å². The molecule has 5 rings (SSSR count). The molecule has 0 aromatic carbocycles. The number of H-pyrrole nitrogens is 2. The summed E-state index contributed by atoms with van der Waals surface area (Å²) in [7, 11) is 1.53. The molecule has 27 heavy (non-hydrogen) atoms. The molecule has 1 amide bonds. The summed E-state index contributed by atoms with van der Waals surface area (Å²) >= 11 is 0. The Balaban J connectivity index is 1.61. The molecule has 3 N–H and O–H groups in total. The molecule has 0 radical (unpaired) electrons. The average Bonchev–Trinajstić information content (AvgIpc) is 3.57. The summed E-state index contributed by atoms with van der Waals surface area (Å²) in [6.45, 7) is 0. The van der Waals surface area contributed by atoms with Crippen molar-refractivity contribution in [3.63, 3.8) is 0 Å². The Morgan fingerprint density at radius 3 is 2.63 bits per heavy atom. The maximum Gasteiger partial charge on any atom is 0.329 e. The van der Waals surface area contributed by atoms with Crippen LogP contribution in [0.1, 0.15) is 59.3 Å². The van der Waals surface area contributed by atoms with Crippen molar-refractivity contribution in [1.82, 2.24) is 24.7 Å². The van der Waals surface area contributed by atoms with E-state index < -0.39 is 17.2 Å².